The van der Waals surface area contributed by atoms with Gasteiger partial charge in [-0.25, -0.2) is 9.80 Å². The number of nitrogens with zero attached hydrogens (tertiary/aromatic N) is 6. The van der Waals surface area contributed by atoms with Gasteiger partial charge in [-0.2, -0.15) is 0 Å². The smallest absolute Gasteiger partial charge is 0.475 e. The molecule has 1 aromatic carbocycles. The van der Waals surface area contributed by atoms with Crippen LogP contribution in [0.1, 0.15) is 28.8 Å². The molecule has 7 rings (SSSR count). The Labute approximate surface area is 305 Å². The van der Waals surface area contributed by atoms with E-state index in [9.17, 15) is 43.9 Å². The lowest BCUT2D eigenvalue weighted by molar-refractivity contribution is -0.272. The van der Waals surface area contributed by atoms with Crippen LogP contribution in [0.25, 0.3) is 0 Å². The molecule has 1 aromatic rings. The predicted molar refractivity (Wildman–Crippen MR) is 182 cm³/mol. The Hall–Kier alpha value is -4.44. The fourth-order valence-corrected chi connectivity index (χ4v) is 8.72. The second-order valence-electron chi connectivity index (χ2n) is 14.6. The van der Waals surface area contributed by atoms with Crippen molar-refractivity contribution in [2.75, 3.05) is 78.5 Å². The fraction of sp³-hybridized carbons (Fsp3) is 0.576. The van der Waals surface area contributed by atoms with Crippen molar-refractivity contribution in [2.45, 2.75) is 42.9 Å². The van der Waals surface area contributed by atoms with Crippen LogP contribution in [0, 0.1) is 0 Å². The number of rotatable bonds is 10. The number of carbonyl (C=O) groups is 6. The molecule has 6 atom stereocenters. The number of carbonyl (C=O) groups excluding carboxylic acids is 5. The van der Waals surface area contributed by atoms with E-state index in [1.165, 1.54) is 4.90 Å². The molecule has 3 amide bonds. The van der Waals surface area contributed by atoms with Gasteiger partial charge in [0.1, 0.15) is 6.54 Å². The molecule has 53 heavy (non-hydrogen) atoms. The summed E-state index contributed by atoms with van der Waals surface area (Å²) >= 11 is 0. The predicted octanol–water partition coefficient (Wildman–Crippen LogP) is -3.98. The van der Waals surface area contributed by atoms with Crippen LogP contribution in [0.2, 0.25) is 0 Å². The fourth-order valence-electron chi connectivity index (χ4n) is 8.72. The first-order chi connectivity index (χ1) is 25.2. The molecule has 6 heterocycles. The molecule has 0 saturated carbocycles. The average Bonchev–Trinajstić information content (AvgIpc) is 3.65. The second kappa shape index (κ2) is 14.4. The van der Waals surface area contributed by atoms with Crippen molar-refractivity contribution in [1.29, 1.82) is 0 Å². The summed E-state index contributed by atoms with van der Waals surface area (Å²) in [5.74, 6) is -5.42. The number of hydrogen-bond donors (Lipinski definition) is 5. The number of hydrogen-bond acceptors (Lipinski definition) is 15. The first-order valence-electron chi connectivity index (χ1n) is 17.7. The third kappa shape index (κ3) is 7.27. The van der Waals surface area contributed by atoms with E-state index >= 15 is 0 Å². The summed E-state index contributed by atoms with van der Waals surface area (Å²) < 4.78 is 12.1. The van der Waals surface area contributed by atoms with Gasteiger partial charge in [0.25, 0.3) is 11.8 Å². The molecule has 0 radical (unpaired) electrons. The standard InChI is InChI=1S/C33H43BN8O11/c1-21(31(49)41-8-2-3-25(41)34(50)51)36-30(48)23-6-4-22(5-7-23)11-35-26(43)14-37-9-10-38-16-28(46)53-33(20-38)40-17-29(47)52-32(19-40)18-39(15-27(44)45)13-24(12-37)42(32)33/h4-7,24-25,50-51H,1-3,8-20H2,(H,35,43)(H,36,48)(H,44,45)/t24?,25-,32?,33?/m0/s1. The van der Waals surface area contributed by atoms with Gasteiger partial charge in [-0.05, 0) is 30.5 Å². The Bertz CT molecular complexity index is 1700. The number of esters is 2. The summed E-state index contributed by atoms with van der Waals surface area (Å²) in [5, 5.41) is 34.2. The molecule has 6 fully saturated rings. The van der Waals surface area contributed by atoms with Crippen LogP contribution in [-0.4, -0.2) is 189 Å². The zero-order valence-electron chi connectivity index (χ0n) is 29.1. The van der Waals surface area contributed by atoms with Gasteiger partial charge in [0.15, 0.2) is 5.72 Å². The van der Waals surface area contributed by atoms with Crippen LogP contribution in [-0.2, 0) is 40.0 Å². The molecule has 2 spiro atoms. The number of carboxylic acid groups (broad SMARTS) is 1. The number of benzene rings is 1. The summed E-state index contributed by atoms with van der Waals surface area (Å²) in [6, 6.07) is 5.98. The second-order valence-corrected chi connectivity index (χ2v) is 14.6. The number of likely N-dealkylation sites (tertiary alicyclic amines) is 1. The maximum Gasteiger partial charge on any atom is 0.475 e. The lowest BCUT2D eigenvalue weighted by Crippen LogP contribution is -2.75. The van der Waals surface area contributed by atoms with Gasteiger partial charge < -0.3 is 40.2 Å². The first-order valence-corrected chi connectivity index (χ1v) is 17.7. The lowest BCUT2D eigenvalue weighted by Gasteiger charge is -2.54. The number of morpholine rings is 2. The van der Waals surface area contributed by atoms with Gasteiger partial charge in [-0.15, -0.1) is 0 Å². The minimum absolute atomic E-state index is 0.00275. The van der Waals surface area contributed by atoms with Crippen molar-refractivity contribution in [2.24, 2.45) is 0 Å². The minimum atomic E-state index is -1.69. The normalized spacial score (nSPS) is 31.2. The topological polar surface area (TPSA) is 225 Å². The molecule has 4 bridgehead atoms. The largest absolute Gasteiger partial charge is 0.480 e. The monoisotopic (exact) mass is 738 g/mol. The average molecular weight is 739 g/mol. The van der Waals surface area contributed by atoms with Crippen molar-refractivity contribution >= 4 is 42.7 Å². The minimum Gasteiger partial charge on any atom is -0.480 e. The highest BCUT2D eigenvalue weighted by Crippen LogP contribution is 2.48. The molecule has 6 saturated heterocycles. The summed E-state index contributed by atoms with van der Waals surface area (Å²) in [6.45, 7) is 5.98. The van der Waals surface area contributed by atoms with Gasteiger partial charge in [0.05, 0.1) is 50.9 Å². The van der Waals surface area contributed by atoms with E-state index < -0.39 is 60.4 Å². The van der Waals surface area contributed by atoms with Crippen LogP contribution in [0.3, 0.4) is 0 Å². The van der Waals surface area contributed by atoms with Crippen LogP contribution in [0.5, 0.6) is 0 Å². The summed E-state index contributed by atoms with van der Waals surface area (Å²) in [7, 11) is -1.69. The summed E-state index contributed by atoms with van der Waals surface area (Å²) in [6.07, 6.45) is 1.04. The van der Waals surface area contributed by atoms with Crippen LogP contribution >= 0.6 is 0 Å². The Morgan fingerprint density at radius 1 is 0.925 bits per heavy atom. The van der Waals surface area contributed by atoms with Crippen molar-refractivity contribution in [3.8, 4) is 0 Å². The molecule has 5 unspecified atom stereocenters. The maximum atomic E-state index is 13.4. The van der Waals surface area contributed by atoms with Gasteiger partial charge in [0, 0.05) is 50.9 Å². The van der Waals surface area contributed by atoms with Crippen molar-refractivity contribution in [3.63, 3.8) is 0 Å². The number of nitrogens with one attached hydrogen (secondary N) is 2. The van der Waals surface area contributed by atoms with E-state index in [4.69, 9.17) is 9.47 Å². The molecule has 20 heteroatoms. The lowest BCUT2D eigenvalue weighted by atomic mass is 9.78. The maximum absolute atomic E-state index is 13.4. The third-order valence-corrected chi connectivity index (χ3v) is 10.8. The number of aliphatic carboxylic acids is 1. The number of ether oxygens (including phenoxy) is 2. The summed E-state index contributed by atoms with van der Waals surface area (Å²) in [4.78, 5) is 87.3. The Kier molecular flexibility index (Phi) is 10.0. The van der Waals surface area contributed by atoms with Gasteiger partial charge in [-0.3, -0.25) is 43.5 Å². The van der Waals surface area contributed by atoms with Crippen LogP contribution in [0.15, 0.2) is 36.5 Å². The Morgan fingerprint density at radius 3 is 2.40 bits per heavy atom. The SMILES string of the molecule is C=C(NC(=O)c1ccc(CNC(=O)CN2CCN3CC(=O)OC4(C3)N3CC(=O)OC5(CN(CC(=O)O)CC(C2)N54)C3)cc1)C(=O)N1CCC[C@H]1B(O)O. The van der Waals surface area contributed by atoms with E-state index in [0.29, 0.717) is 51.1 Å². The molecule has 6 aliphatic rings. The molecule has 0 aliphatic carbocycles. The number of carboxylic acids is 1. The highest BCUT2D eigenvalue weighted by atomic mass is 16.6. The first kappa shape index (κ1) is 36.9. The van der Waals surface area contributed by atoms with Gasteiger partial charge in [0.2, 0.25) is 11.8 Å². The number of piperazine rings is 1. The van der Waals surface area contributed by atoms with E-state index in [1.54, 1.807) is 29.2 Å². The van der Waals surface area contributed by atoms with Crippen molar-refractivity contribution in [3.05, 3.63) is 47.7 Å². The van der Waals surface area contributed by atoms with Crippen LogP contribution in [0.4, 0.5) is 0 Å². The highest BCUT2D eigenvalue weighted by Gasteiger charge is 2.71. The van der Waals surface area contributed by atoms with Crippen molar-refractivity contribution in [1.82, 2.24) is 40.0 Å². The quantitative estimate of drug-likeness (QED) is 0.0877. The molecular weight excluding hydrogens is 695 g/mol. The van der Waals surface area contributed by atoms with Gasteiger partial charge in [-0.1, -0.05) is 18.7 Å². The third-order valence-electron chi connectivity index (χ3n) is 10.8. The molecular formula is C33H43BN8O11. The van der Waals surface area contributed by atoms with E-state index in [0.717, 1.165) is 0 Å². The summed E-state index contributed by atoms with van der Waals surface area (Å²) in [5.41, 5.74) is -0.455. The molecule has 19 nitrogen and oxygen atoms in total. The van der Waals surface area contributed by atoms with E-state index in [-0.39, 0.29) is 69.5 Å². The molecule has 6 aliphatic heterocycles. The van der Waals surface area contributed by atoms with E-state index in [2.05, 4.69) is 17.2 Å². The van der Waals surface area contributed by atoms with E-state index in [1.807, 2.05) is 19.6 Å². The highest BCUT2D eigenvalue weighted by molar-refractivity contribution is 6.43. The van der Waals surface area contributed by atoms with Gasteiger partial charge >= 0.3 is 25.0 Å². The van der Waals surface area contributed by atoms with Crippen LogP contribution < -0.4 is 10.6 Å². The molecule has 284 valence electrons. The van der Waals surface area contributed by atoms with Crippen molar-refractivity contribution < 1.29 is 53.4 Å². The Morgan fingerprint density at radius 2 is 1.66 bits per heavy atom. The molecule has 5 N–H and O–H groups in total. The Balaban J connectivity index is 0.990. The number of fused-ring (bicyclic) bond motifs is 2. The zero-order chi connectivity index (χ0) is 37.7. The number of amides is 3. The molecule has 0 aromatic heterocycles. The zero-order valence-corrected chi connectivity index (χ0v) is 29.1.